The van der Waals surface area contributed by atoms with Gasteiger partial charge in [0, 0.05) is 12.1 Å². The van der Waals surface area contributed by atoms with E-state index in [1.165, 1.54) is 4.90 Å². The van der Waals surface area contributed by atoms with Crippen molar-refractivity contribution in [1.29, 1.82) is 0 Å². The molecule has 1 N–H and O–H groups in total. The summed E-state index contributed by atoms with van der Waals surface area (Å²) in [6, 6.07) is 11.8. The molecule has 1 atom stereocenters. The average Bonchev–Trinajstić information content (AvgIpc) is 2.77. The van der Waals surface area contributed by atoms with Crippen LogP contribution in [0.2, 0.25) is 0 Å². The number of amides is 2. The topological polar surface area (TPSA) is 96.0 Å². The van der Waals surface area contributed by atoms with Gasteiger partial charge in [0.25, 0.3) is 0 Å². The summed E-state index contributed by atoms with van der Waals surface area (Å²) in [4.78, 5) is 28.5. The zero-order valence-corrected chi connectivity index (χ0v) is 23.4. The Balaban J connectivity index is 2.52. The predicted molar refractivity (Wildman–Crippen MR) is 144 cm³/mol. The third kappa shape index (κ3) is 7.71. The molecule has 2 aromatic carbocycles. The molecule has 0 aliphatic heterocycles. The van der Waals surface area contributed by atoms with Gasteiger partial charge < -0.3 is 15.0 Å². The quantitative estimate of drug-likeness (QED) is 0.517. The number of ether oxygens (including phenoxy) is 1. The van der Waals surface area contributed by atoms with E-state index in [0.717, 1.165) is 27.3 Å². The van der Waals surface area contributed by atoms with E-state index in [9.17, 15) is 18.0 Å². The van der Waals surface area contributed by atoms with Crippen LogP contribution in [-0.2, 0) is 26.2 Å². The molecule has 9 heteroatoms. The Hall–Kier alpha value is -3.07. The summed E-state index contributed by atoms with van der Waals surface area (Å²) in [6.45, 7) is 10.9. The Morgan fingerprint density at radius 1 is 1.08 bits per heavy atom. The second kappa shape index (κ2) is 11.8. The molecular weight excluding hydrogens is 478 g/mol. The molecule has 0 radical (unpaired) electrons. The lowest BCUT2D eigenvalue weighted by molar-refractivity contribution is -0.141. The summed E-state index contributed by atoms with van der Waals surface area (Å²) in [5, 5.41) is 2.96. The first-order chi connectivity index (χ1) is 16.7. The van der Waals surface area contributed by atoms with Gasteiger partial charge >= 0.3 is 0 Å². The van der Waals surface area contributed by atoms with E-state index in [0.29, 0.717) is 17.9 Å². The molecule has 0 unspecified atom stereocenters. The maximum absolute atomic E-state index is 13.8. The van der Waals surface area contributed by atoms with Gasteiger partial charge in [-0.15, -0.1) is 0 Å². The minimum atomic E-state index is -3.79. The van der Waals surface area contributed by atoms with Crippen molar-refractivity contribution in [3.8, 4) is 5.75 Å². The first-order valence-electron chi connectivity index (χ1n) is 12.0. The third-order valence-electron chi connectivity index (χ3n) is 5.90. The lowest BCUT2D eigenvalue weighted by atomic mass is 10.1. The maximum Gasteiger partial charge on any atom is 0.244 e. The summed E-state index contributed by atoms with van der Waals surface area (Å²) in [5.74, 6) is -0.140. The lowest BCUT2D eigenvalue weighted by Crippen LogP contribution is -2.55. The number of methoxy groups -OCH3 is 1. The molecule has 8 nitrogen and oxygen atoms in total. The highest BCUT2D eigenvalue weighted by Gasteiger charge is 2.33. The molecule has 36 heavy (non-hydrogen) atoms. The van der Waals surface area contributed by atoms with Gasteiger partial charge in [-0.05, 0) is 75.9 Å². The second-order valence-electron chi connectivity index (χ2n) is 10.0. The number of carbonyl (C=O) groups excluding carboxylic acids is 2. The molecule has 0 aromatic heterocycles. The highest BCUT2D eigenvalue weighted by atomic mass is 32.2. The Bertz CT molecular complexity index is 1190. The molecule has 2 amide bonds. The molecule has 2 aromatic rings. The maximum atomic E-state index is 13.8. The van der Waals surface area contributed by atoms with Gasteiger partial charge in [0.05, 0.1) is 19.1 Å². The number of nitrogens with zero attached hydrogens (tertiary/aromatic N) is 2. The Morgan fingerprint density at radius 3 is 2.28 bits per heavy atom. The van der Waals surface area contributed by atoms with E-state index in [1.54, 1.807) is 31.4 Å². The zero-order valence-electron chi connectivity index (χ0n) is 22.6. The molecule has 2 rings (SSSR count). The van der Waals surface area contributed by atoms with Gasteiger partial charge in [-0.1, -0.05) is 31.2 Å². The summed E-state index contributed by atoms with van der Waals surface area (Å²) < 4.78 is 32.1. The van der Waals surface area contributed by atoms with Crippen LogP contribution in [0.15, 0.2) is 42.5 Å². The van der Waals surface area contributed by atoms with Crippen molar-refractivity contribution in [3.05, 3.63) is 59.2 Å². The molecule has 0 fully saturated rings. The van der Waals surface area contributed by atoms with Crippen molar-refractivity contribution < 1.29 is 22.7 Å². The number of hydrogen-bond acceptors (Lipinski definition) is 5. The van der Waals surface area contributed by atoms with Crippen LogP contribution in [0.25, 0.3) is 0 Å². The summed E-state index contributed by atoms with van der Waals surface area (Å²) in [5.41, 5.74) is 2.40. The summed E-state index contributed by atoms with van der Waals surface area (Å²) in [6.07, 6.45) is 1.44. The van der Waals surface area contributed by atoms with Crippen molar-refractivity contribution in [1.82, 2.24) is 10.2 Å². The van der Waals surface area contributed by atoms with Crippen LogP contribution in [0.1, 0.15) is 50.8 Å². The number of sulfonamides is 1. The molecular formula is C27H39N3O5S. The number of rotatable bonds is 10. The van der Waals surface area contributed by atoms with Crippen molar-refractivity contribution in [2.75, 3.05) is 24.2 Å². The standard InChI is InChI=1S/C27H39N3O5S/c1-9-23(26(32)28-27(4,5)6)29(17-21-13-11-14-22(16-21)35-7)25(31)18-30(36(8,33)34)24-15-10-12-19(2)20(24)3/h10-16,23H,9,17-18H2,1-8H3,(H,28,32)/t23-/m0/s1. The lowest BCUT2D eigenvalue weighted by Gasteiger charge is -2.34. The normalized spacial score (nSPS) is 12.6. The Labute approximate surface area is 215 Å². The minimum Gasteiger partial charge on any atom is -0.497 e. The van der Waals surface area contributed by atoms with Gasteiger partial charge in [-0.3, -0.25) is 13.9 Å². The van der Waals surface area contributed by atoms with E-state index in [1.807, 2.05) is 59.7 Å². The monoisotopic (exact) mass is 517 g/mol. The summed E-state index contributed by atoms with van der Waals surface area (Å²) >= 11 is 0. The third-order valence-corrected chi connectivity index (χ3v) is 7.02. The zero-order chi connectivity index (χ0) is 27.3. The van der Waals surface area contributed by atoms with Crippen LogP contribution in [0.3, 0.4) is 0 Å². The van der Waals surface area contributed by atoms with E-state index >= 15 is 0 Å². The number of aryl methyl sites for hydroxylation is 1. The first kappa shape index (κ1) is 29.2. The molecule has 0 aliphatic rings. The first-order valence-corrected chi connectivity index (χ1v) is 13.8. The summed E-state index contributed by atoms with van der Waals surface area (Å²) in [7, 11) is -2.23. The smallest absolute Gasteiger partial charge is 0.244 e. The number of nitrogens with one attached hydrogen (secondary N) is 1. The Morgan fingerprint density at radius 2 is 1.72 bits per heavy atom. The fraction of sp³-hybridized carbons (Fsp3) is 0.481. The highest BCUT2D eigenvalue weighted by Crippen LogP contribution is 2.26. The van der Waals surface area contributed by atoms with Gasteiger partial charge in [0.1, 0.15) is 18.3 Å². The average molecular weight is 518 g/mol. The van der Waals surface area contributed by atoms with E-state index in [4.69, 9.17) is 4.74 Å². The van der Waals surface area contributed by atoms with Crippen molar-refractivity contribution in [2.24, 2.45) is 0 Å². The predicted octanol–water partition coefficient (Wildman–Crippen LogP) is 3.80. The number of carbonyl (C=O) groups is 2. The van der Waals surface area contributed by atoms with Crippen LogP contribution in [0, 0.1) is 13.8 Å². The van der Waals surface area contributed by atoms with Crippen LogP contribution in [0.4, 0.5) is 5.69 Å². The number of hydrogen-bond donors (Lipinski definition) is 1. The molecule has 0 aliphatic carbocycles. The van der Waals surface area contributed by atoms with E-state index in [2.05, 4.69) is 5.32 Å². The van der Waals surface area contributed by atoms with Crippen LogP contribution < -0.4 is 14.4 Å². The fourth-order valence-corrected chi connectivity index (χ4v) is 4.84. The van der Waals surface area contributed by atoms with Gasteiger partial charge in [-0.25, -0.2) is 8.42 Å². The van der Waals surface area contributed by atoms with Crippen LogP contribution in [-0.4, -0.2) is 56.6 Å². The molecule has 0 bridgehead atoms. The molecule has 0 saturated heterocycles. The van der Waals surface area contributed by atoms with Crippen molar-refractivity contribution in [3.63, 3.8) is 0 Å². The van der Waals surface area contributed by atoms with Crippen molar-refractivity contribution in [2.45, 2.75) is 66.1 Å². The van der Waals surface area contributed by atoms with Crippen LogP contribution >= 0.6 is 0 Å². The molecule has 0 saturated carbocycles. The van der Waals surface area contributed by atoms with Crippen molar-refractivity contribution >= 4 is 27.5 Å². The SMILES string of the molecule is CC[C@@H](C(=O)NC(C)(C)C)N(Cc1cccc(OC)c1)C(=O)CN(c1cccc(C)c1C)S(C)(=O)=O. The number of benzene rings is 2. The van der Waals surface area contributed by atoms with Gasteiger partial charge in [0.2, 0.25) is 21.8 Å². The van der Waals surface area contributed by atoms with E-state index in [-0.39, 0.29) is 12.5 Å². The minimum absolute atomic E-state index is 0.122. The number of anilines is 1. The van der Waals surface area contributed by atoms with Gasteiger partial charge in [0.15, 0.2) is 0 Å². The molecule has 198 valence electrons. The Kier molecular flexibility index (Phi) is 9.54. The molecule has 0 heterocycles. The molecule has 0 spiro atoms. The highest BCUT2D eigenvalue weighted by molar-refractivity contribution is 7.92. The largest absolute Gasteiger partial charge is 0.497 e. The van der Waals surface area contributed by atoms with Crippen LogP contribution in [0.5, 0.6) is 5.75 Å². The van der Waals surface area contributed by atoms with Gasteiger partial charge in [-0.2, -0.15) is 0 Å². The second-order valence-corrected chi connectivity index (χ2v) is 11.9. The fourth-order valence-electron chi connectivity index (χ4n) is 3.94. The van der Waals surface area contributed by atoms with E-state index < -0.39 is 34.1 Å².